The zero-order valence-electron chi connectivity index (χ0n) is 20.5. The number of ether oxygens (including phenoxy) is 1. The van der Waals surface area contributed by atoms with Crippen molar-refractivity contribution < 1.29 is 43.1 Å². The van der Waals surface area contributed by atoms with Crippen molar-refractivity contribution in [3.63, 3.8) is 0 Å². The molecule has 0 unspecified atom stereocenters. The molecule has 0 aliphatic heterocycles. The number of halogens is 3. The lowest BCUT2D eigenvalue weighted by Gasteiger charge is -2.11. The number of carbonyl (C=O) groups excluding carboxylic acids is 1. The predicted octanol–water partition coefficient (Wildman–Crippen LogP) is 2.81. The Morgan fingerprint density at radius 3 is 2.32 bits per heavy atom. The summed E-state index contributed by atoms with van der Waals surface area (Å²) in [4.78, 5) is 23.6. The molecule has 0 atom stereocenters. The second-order valence-corrected chi connectivity index (χ2v) is 8.31. The number of carboxylic acid groups (broad SMARTS) is 1. The Balaban J connectivity index is 0.000000505. The van der Waals surface area contributed by atoms with Gasteiger partial charge in [0.1, 0.15) is 30.5 Å². The molecule has 38 heavy (non-hydrogen) atoms. The number of carbonyl (C=O) groups is 1. The molecule has 0 saturated heterocycles. The Hall–Kier alpha value is -4.51. The summed E-state index contributed by atoms with van der Waals surface area (Å²) in [5, 5.41) is 21.3. The van der Waals surface area contributed by atoms with Crippen LogP contribution in [0.25, 0.3) is 33.9 Å². The van der Waals surface area contributed by atoms with Gasteiger partial charge in [-0.25, -0.2) is 0 Å². The molecule has 11 heteroatoms. The van der Waals surface area contributed by atoms with Gasteiger partial charge in [-0.15, -0.1) is 0 Å². The van der Waals surface area contributed by atoms with Gasteiger partial charge in [0.2, 0.25) is 11.2 Å². The molecule has 0 aliphatic rings. The second kappa shape index (κ2) is 11.7. The van der Waals surface area contributed by atoms with Crippen molar-refractivity contribution in [2.24, 2.45) is 0 Å². The van der Waals surface area contributed by atoms with Crippen molar-refractivity contribution in [1.29, 1.82) is 0 Å². The molecule has 0 fully saturated rings. The third kappa shape index (κ3) is 6.83. The molecule has 200 valence electrons. The first kappa shape index (κ1) is 28.1. The summed E-state index contributed by atoms with van der Waals surface area (Å²) >= 11 is 0. The van der Waals surface area contributed by atoms with Gasteiger partial charge in [-0.05, 0) is 58.8 Å². The quantitative estimate of drug-likeness (QED) is 0.367. The summed E-state index contributed by atoms with van der Waals surface area (Å²) in [5.74, 6) is -2.55. The number of anilines is 1. The van der Waals surface area contributed by atoms with Crippen molar-refractivity contribution in [2.75, 3.05) is 32.1 Å². The van der Waals surface area contributed by atoms with Gasteiger partial charge in [0, 0.05) is 19.8 Å². The number of aliphatic carboxylic acids is 1. The van der Waals surface area contributed by atoms with E-state index in [-0.39, 0.29) is 5.76 Å². The number of alkyl halides is 3. The van der Waals surface area contributed by atoms with E-state index in [0.717, 1.165) is 27.8 Å². The number of carboxylic acids is 1. The summed E-state index contributed by atoms with van der Waals surface area (Å²) in [6.07, 6.45) is -1.78. The van der Waals surface area contributed by atoms with E-state index in [9.17, 15) is 23.1 Å². The standard InChI is InChI=1S/C25H24N2O4.C2HF3O2/c1-27(2)19-7-3-16(4-8-19)5-10-22-25(29)24(28)21-14-17-6-9-20(30-12-11-26)13-18(17)15-23(21)31-22;3-2(4,5)1(6)7/h3-10,13-15,29H,11-12,26H2,1-2H3;(H,6,7)/b10-5+;. The van der Waals surface area contributed by atoms with Gasteiger partial charge in [0.25, 0.3) is 0 Å². The van der Waals surface area contributed by atoms with Crippen LogP contribution in [-0.4, -0.2) is 44.5 Å². The Labute approximate surface area is 215 Å². The molecule has 0 saturated carbocycles. The fraction of sp³-hybridized carbons (Fsp3) is 0.185. The maximum atomic E-state index is 12.8. The molecule has 4 rings (SSSR count). The maximum absolute atomic E-state index is 12.8. The molecule has 4 N–H and O–H groups in total. The highest BCUT2D eigenvalue weighted by atomic mass is 19.4. The Kier molecular flexibility index (Phi) is 8.64. The highest BCUT2D eigenvalue weighted by Gasteiger charge is 2.28. The van der Waals surface area contributed by atoms with Crippen molar-refractivity contribution in [3.05, 3.63) is 76.1 Å². The second-order valence-electron chi connectivity index (χ2n) is 8.31. The van der Waals surface area contributed by atoms with Crippen LogP contribution in [0.5, 0.6) is 11.5 Å². The number of benzene rings is 3. The molecule has 3 aromatic carbocycles. The number of hydrogen-bond donors (Lipinski definition) is 2. The molecular formula is C27H25F3N2O6. The normalized spacial score (nSPS) is 11.4. The smallest absolute Gasteiger partial charge is 0.430 e. The molecule has 4 aromatic rings. The van der Waals surface area contributed by atoms with E-state index >= 15 is 0 Å². The minimum atomic E-state index is -5.19. The minimum Gasteiger partial charge on any atom is -0.542 e. The molecule has 0 spiro atoms. The number of rotatable bonds is 6. The van der Waals surface area contributed by atoms with Gasteiger partial charge >= 0.3 is 6.18 Å². The minimum absolute atomic E-state index is 0.123. The van der Waals surface area contributed by atoms with E-state index in [4.69, 9.17) is 19.1 Å². The average molecular weight is 530 g/mol. The molecule has 0 radical (unpaired) electrons. The molecule has 1 aromatic heterocycles. The van der Waals surface area contributed by atoms with Crippen LogP contribution in [0.2, 0.25) is 0 Å². The van der Waals surface area contributed by atoms with E-state index in [2.05, 4.69) is 5.73 Å². The average Bonchev–Trinajstić information content (AvgIpc) is 2.87. The zero-order chi connectivity index (χ0) is 28.0. The Morgan fingerprint density at radius 1 is 1.08 bits per heavy atom. The highest BCUT2D eigenvalue weighted by Crippen LogP contribution is 2.28. The summed E-state index contributed by atoms with van der Waals surface area (Å²) in [5.41, 5.74) is 5.74. The molecule has 0 amide bonds. The highest BCUT2D eigenvalue weighted by molar-refractivity contribution is 5.97. The first-order valence-corrected chi connectivity index (χ1v) is 11.3. The number of fused-ring (bicyclic) bond motifs is 2. The zero-order valence-corrected chi connectivity index (χ0v) is 20.5. The number of nitrogens with zero attached hydrogens (tertiary/aromatic N) is 1. The van der Waals surface area contributed by atoms with E-state index in [1.54, 1.807) is 24.3 Å². The fourth-order valence-corrected chi connectivity index (χ4v) is 3.37. The molecular weight excluding hydrogens is 505 g/mol. The van der Waals surface area contributed by atoms with Crippen molar-refractivity contribution in [3.8, 4) is 11.5 Å². The van der Waals surface area contributed by atoms with Crippen LogP contribution < -0.4 is 25.9 Å². The van der Waals surface area contributed by atoms with Gasteiger partial charge in [0.15, 0.2) is 5.76 Å². The van der Waals surface area contributed by atoms with Crippen LogP contribution in [0.4, 0.5) is 18.9 Å². The van der Waals surface area contributed by atoms with Gasteiger partial charge in [-0.2, -0.15) is 13.2 Å². The molecule has 0 bridgehead atoms. The summed E-state index contributed by atoms with van der Waals surface area (Å²) < 4.78 is 43.1. The first-order valence-electron chi connectivity index (χ1n) is 11.3. The lowest BCUT2D eigenvalue weighted by atomic mass is 10.1. The van der Waals surface area contributed by atoms with Gasteiger partial charge in [-0.3, -0.25) is 4.79 Å². The van der Waals surface area contributed by atoms with Gasteiger partial charge in [-0.1, -0.05) is 24.3 Å². The SMILES string of the molecule is CN(C)c1ccc(/C=C/c2oc3cc4cc(OCC[NH3+])ccc4cc3c(=O)c2O)cc1.O=C([O-])C(F)(F)F. The monoisotopic (exact) mass is 530 g/mol. The van der Waals surface area contributed by atoms with Crippen LogP contribution >= 0.6 is 0 Å². The van der Waals surface area contributed by atoms with Crippen LogP contribution in [0.1, 0.15) is 11.3 Å². The largest absolute Gasteiger partial charge is 0.542 e. The number of hydrogen-bond acceptors (Lipinski definition) is 7. The Bertz CT molecular complexity index is 1530. The lowest BCUT2D eigenvalue weighted by Crippen LogP contribution is -2.52. The summed E-state index contributed by atoms with van der Waals surface area (Å²) in [7, 11) is 3.96. The topological polar surface area (TPSA) is 131 Å². The molecule has 0 aliphatic carbocycles. The van der Waals surface area contributed by atoms with E-state index in [1.165, 1.54) is 0 Å². The number of aromatic hydroxyl groups is 1. The van der Waals surface area contributed by atoms with Gasteiger partial charge < -0.3 is 34.8 Å². The molecule has 8 nitrogen and oxygen atoms in total. The summed E-state index contributed by atoms with van der Waals surface area (Å²) in [6, 6.07) is 17.1. The predicted molar refractivity (Wildman–Crippen MR) is 136 cm³/mol. The fourth-order valence-electron chi connectivity index (χ4n) is 3.37. The van der Waals surface area contributed by atoms with Gasteiger partial charge in [0.05, 0.1) is 5.39 Å². The van der Waals surface area contributed by atoms with Crippen molar-refractivity contribution in [2.45, 2.75) is 6.18 Å². The van der Waals surface area contributed by atoms with Crippen LogP contribution in [0.15, 0.2) is 63.8 Å². The van der Waals surface area contributed by atoms with Crippen LogP contribution in [0.3, 0.4) is 0 Å². The van der Waals surface area contributed by atoms with Crippen molar-refractivity contribution >= 4 is 45.6 Å². The maximum Gasteiger partial charge on any atom is 0.430 e. The van der Waals surface area contributed by atoms with E-state index < -0.39 is 23.3 Å². The van der Waals surface area contributed by atoms with Crippen LogP contribution in [-0.2, 0) is 4.79 Å². The lowest BCUT2D eigenvalue weighted by molar-refractivity contribution is -0.370. The Morgan fingerprint density at radius 2 is 1.74 bits per heavy atom. The first-order chi connectivity index (χ1) is 17.9. The number of quaternary nitrogens is 1. The van der Waals surface area contributed by atoms with E-state index in [1.807, 2.05) is 61.5 Å². The third-order valence-electron chi connectivity index (χ3n) is 5.30. The van der Waals surface area contributed by atoms with E-state index in [0.29, 0.717) is 24.1 Å². The molecule has 1 heterocycles. The van der Waals surface area contributed by atoms with Crippen molar-refractivity contribution in [1.82, 2.24) is 0 Å². The third-order valence-corrected chi connectivity index (χ3v) is 5.30. The summed E-state index contributed by atoms with van der Waals surface area (Å²) in [6.45, 7) is 1.21. The van der Waals surface area contributed by atoms with Crippen LogP contribution in [0, 0.1) is 0 Å².